The van der Waals surface area contributed by atoms with Crippen LogP contribution in [0.25, 0.3) is 0 Å². The molecule has 0 aliphatic carbocycles. The van der Waals surface area contributed by atoms with E-state index in [-0.39, 0.29) is 18.2 Å². The van der Waals surface area contributed by atoms with Gasteiger partial charge in [-0.05, 0) is 18.6 Å². The molecule has 0 fully saturated rings. The van der Waals surface area contributed by atoms with E-state index < -0.39 is 9.84 Å². The Balaban J connectivity index is 2.85. The van der Waals surface area contributed by atoms with Crippen molar-refractivity contribution in [3.8, 4) is 0 Å². The van der Waals surface area contributed by atoms with Gasteiger partial charge in [0.2, 0.25) is 0 Å². The summed E-state index contributed by atoms with van der Waals surface area (Å²) in [7, 11) is -1.52. The molecule has 0 bridgehead atoms. The van der Waals surface area contributed by atoms with Crippen LogP contribution in [-0.2, 0) is 16.3 Å². The fourth-order valence-corrected chi connectivity index (χ4v) is 2.35. The molecule has 6 nitrogen and oxygen atoms in total. The zero-order chi connectivity index (χ0) is 15.3. The summed E-state index contributed by atoms with van der Waals surface area (Å²) in [6.07, 6.45) is 2.81. The first-order chi connectivity index (χ1) is 9.23. The predicted octanol–water partition coefficient (Wildman–Crippen LogP) is 0.733. The van der Waals surface area contributed by atoms with E-state index in [4.69, 9.17) is 5.73 Å². The lowest BCUT2D eigenvalue weighted by Gasteiger charge is -2.17. The second-order valence-corrected chi connectivity index (χ2v) is 7.14. The van der Waals surface area contributed by atoms with E-state index in [0.29, 0.717) is 11.4 Å². The monoisotopic (exact) mass is 299 g/mol. The summed E-state index contributed by atoms with van der Waals surface area (Å²) in [6, 6.07) is 3.22. The summed E-state index contributed by atoms with van der Waals surface area (Å²) in [5, 5.41) is 0. The van der Waals surface area contributed by atoms with Crippen LogP contribution in [0.15, 0.2) is 12.1 Å². The summed E-state index contributed by atoms with van der Waals surface area (Å²) in [5.41, 5.74) is 6.91. The van der Waals surface area contributed by atoms with Crippen LogP contribution in [-0.4, -0.2) is 49.8 Å². The standard InChI is InChI=1S/C13H21N3O3S/c1-4-5-11-8-10(9-12(14)15-11)13(17)16(2)6-7-20(3,18)19/h8-9H,4-7H2,1-3H3,(H2,14,15). The molecule has 0 aromatic carbocycles. The molecule has 0 unspecified atom stereocenters. The Morgan fingerprint density at radius 1 is 1.40 bits per heavy atom. The van der Waals surface area contributed by atoms with Gasteiger partial charge in [0.05, 0.1) is 5.75 Å². The highest BCUT2D eigenvalue weighted by molar-refractivity contribution is 7.90. The molecule has 112 valence electrons. The number of nitrogens with zero attached hydrogens (tertiary/aromatic N) is 2. The number of rotatable bonds is 6. The first-order valence-corrected chi connectivity index (χ1v) is 8.48. The summed E-state index contributed by atoms with van der Waals surface area (Å²) in [4.78, 5) is 17.8. The Bertz CT molecular complexity index is 585. The van der Waals surface area contributed by atoms with Crippen molar-refractivity contribution in [1.29, 1.82) is 0 Å². The van der Waals surface area contributed by atoms with Gasteiger partial charge in [-0.1, -0.05) is 13.3 Å². The molecule has 1 rings (SSSR count). The fraction of sp³-hybridized carbons (Fsp3) is 0.538. The lowest BCUT2D eigenvalue weighted by atomic mass is 10.1. The summed E-state index contributed by atoms with van der Waals surface area (Å²) in [5.74, 6) is -0.00614. The molecule has 7 heteroatoms. The Labute approximate surface area is 119 Å². The van der Waals surface area contributed by atoms with Gasteiger partial charge < -0.3 is 10.6 Å². The molecule has 0 saturated heterocycles. The summed E-state index contributed by atoms with van der Waals surface area (Å²) < 4.78 is 22.2. The molecule has 1 amide bonds. The number of nitrogen functional groups attached to an aromatic ring is 1. The van der Waals surface area contributed by atoms with E-state index in [1.165, 1.54) is 11.0 Å². The number of aromatic nitrogens is 1. The smallest absolute Gasteiger partial charge is 0.253 e. The lowest BCUT2D eigenvalue weighted by molar-refractivity contribution is 0.0803. The minimum absolute atomic E-state index is 0.0579. The van der Waals surface area contributed by atoms with Gasteiger partial charge in [0, 0.05) is 31.1 Å². The van der Waals surface area contributed by atoms with Crippen LogP contribution in [0.1, 0.15) is 29.4 Å². The number of pyridine rings is 1. The Hall–Kier alpha value is -1.63. The molecule has 0 radical (unpaired) electrons. The zero-order valence-electron chi connectivity index (χ0n) is 12.1. The van der Waals surface area contributed by atoms with Crippen molar-refractivity contribution < 1.29 is 13.2 Å². The van der Waals surface area contributed by atoms with Gasteiger partial charge in [-0.2, -0.15) is 0 Å². The van der Waals surface area contributed by atoms with Gasteiger partial charge in [-0.25, -0.2) is 13.4 Å². The van der Waals surface area contributed by atoms with Crippen molar-refractivity contribution in [3.05, 3.63) is 23.4 Å². The first kappa shape index (κ1) is 16.4. The lowest BCUT2D eigenvalue weighted by Crippen LogP contribution is -2.31. The van der Waals surface area contributed by atoms with Gasteiger partial charge >= 0.3 is 0 Å². The van der Waals surface area contributed by atoms with Crippen LogP contribution >= 0.6 is 0 Å². The van der Waals surface area contributed by atoms with Gasteiger partial charge in [0.15, 0.2) is 0 Å². The number of aryl methyl sites for hydroxylation is 1. The average Bonchev–Trinajstić information content (AvgIpc) is 2.34. The van der Waals surface area contributed by atoms with Crippen molar-refractivity contribution in [1.82, 2.24) is 9.88 Å². The van der Waals surface area contributed by atoms with Gasteiger partial charge in [0.25, 0.3) is 5.91 Å². The van der Waals surface area contributed by atoms with E-state index in [2.05, 4.69) is 4.98 Å². The molecule has 0 aliphatic rings. The largest absolute Gasteiger partial charge is 0.384 e. The molecule has 1 heterocycles. The van der Waals surface area contributed by atoms with Crippen molar-refractivity contribution >= 4 is 21.6 Å². The summed E-state index contributed by atoms with van der Waals surface area (Å²) >= 11 is 0. The number of hydrogen-bond donors (Lipinski definition) is 1. The number of carbonyl (C=O) groups excluding carboxylic acids is 1. The third-order valence-electron chi connectivity index (χ3n) is 2.80. The van der Waals surface area contributed by atoms with Crippen LogP contribution < -0.4 is 5.73 Å². The number of carbonyl (C=O) groups is 1. The van der Waals surface area contributed by atoms with Gasteiger partial charge in [-0.15, -0.1) is 0 Å². The predicted molar refractivity (Wildman–Crippen MR) is 79.3 cm³/mol. The molecular formula is C13H21N3O3S. The quantitative estimate of drug-likeness (QED) is 0.836. The normalized spacial score (nSPS) is 11.3. The van der Waals surface area contributed by atoms with E-state index >= 15 is 0 Å². The van der Waals surface area contributed by atoms with E-state index in [1.807, 2.05) is 6.92 Å². The Kier molecular flexibility index (Phi) is 5.50. The maximum absolute atomic E-state index is 12.2. The molecule has 1 aromatic rings. The molecule has 0 aliphatic heterocycles. The number of anilines is 1. The maximum atomic E-state index is 12.2. The van der Waals surface area contributed by atoms with Crippen molar-refractivity contribution in [2.24, 2.45) is 0 Å². The third kappa shape index (κ3) is 5.16. The first-order valence-electron chi connectivity index (χ1n) is 6.42. The SMILES string of the molecule is CCCc1cc(C(=O)N(C)CCS(C)(=O)=O)cc(N)n1. The van der Waals surface area contributed by atoms with E-state index in [0.717, 1.165) is 24.8 Å². The van der Waals surface area contributed by atoms with Crippen LogP contribution in [0.5, 0.6) is 0 Å². The third-order valence-corrected chi connectivity index (χ3v) is 3.72. The average molecular weight is 299 g/mol. The number of nitrogens with two attached hydrogens (primary N) is 1. The van der Waals surface area contributed by atoms with E-state index in [9.17, 15) is 13.2 Å². The second-order valence-electron chi connectivity index (χ2n) is 4.88. The zero-order valence-corrected chi connectivity index (χ0v) is 12.9. The molecule has 0 atom stereocenters. The number of hydrogen-bond acceptors (Lipinski definition) is 5. The van der Waals surface area contributed by atoms with Crippen LogP contribution in [0.3, 0.4) is 0 Å². The van der Waals surface area contributed by atoms with Crippen molar-refractivity contribution in [3.63, 3.8) is 0 Å². The summed E-state index contributed by atoms with van der Waals surface area (Å²) in [6.45, 7) is 2.17. The molecular weight excluding hydrogens is 278 g/mol. The van der Waals surface area contributed by atoms with Crippen LogP contribution in [0.2, 0.25) is 0 Å². The highest BCUT2D eigenvalue weighted by atomic mass is 32.2. The minimum Gasteiger partial charge on any atom is -0.384 e. The molecule has 20 heavy (non-hydrogen) atoms. The van der Waals surface area contributed by atoms with Crippen LogP contribution in [0.4, 0.5) is 5.82 Å². The van der Waals surface area contributed by atoms with E-state index in [1.54, 1.807) is 13.1 Å². The Morgan fingerprint density at radius 3 is 2.60 bits per heavy atom. The number of sulfone groups is 1. The molecule has 0 saturated carbocycles. The van der Waals surface area contributed by atoms with Gasteiger partial charge in [0.1, 0.15) is 15.7 Å². The molecule has 2 N–H and O–H groups in total. The van der Waals surface area contributed by atoms with Crippen molar-refractivity contribution in [2.75, 3.05) is 31.3 Å². The second kappa shape index (κ2) is 6.69. The maximum Gasteiger partial charge on any atom is 0.253 e. The highest BCUT2D eigenvalue weighted by Gasteiger charge is 2.15. The topological polar surface area (TPSA) is 93.4 Å². The van der Waals surface area contributed by atoms with Gasteiger partial charge in [-0.3, -0.25) is 4.79 Å². The molecule has 1 aromatic heterocycles. The van der Waals surface area contributed by atoms with Crippen LogP contribution in [0, 0.1) is 0 Å². The minimum atomic E-state index is -3.09. The fourth-order valence-electron chi connectivity index (χ4n) is 1.74. The molecule has 0 spiro atoms. The highest BCUT2D eigenvalue weighted by Crippen LogP contribution is 2.11. The Morgan fingerprint density at radius 2 is 2.05 bits per heavy atom. The number of amides is 1. The van der Waals surface area contributed by atoms with Crippen molar-refractivity contribution in [2.45, 2.75) is 19.8 Å².